The number of hydrogen-bond acceptors (Lipinski definition) is 5. The monoisotopic (exact) mass is 410 g/mol. The summed E-state index contributed by atoms with van der Waals surface area (Å²) in [7, 11) is 1.67. The molecule has 2 aromatic carbocycles. The molecule has 0 atom stereocenters. The lowest BCUT2D eigenvalue weighted by Gasteiger charge is -2.36. The standard InChI is InChI=1S/C23H30N4O3/c1-3-18-6-4-5-7-21(18)25-23(29)22(28)24-12-13-26-14-16-27(17-15-26)19-8-10-20(30-2)11-9-19/h4-11H,3,12-17H2,1-2H3,(H,24,28)(H,25,29). The van der Waals surface area contributed by atoms with E-state index >= 15 is 0 Å². The predicted molar refractivity (Wildman–Crippen MR) is 119 cm³/mol. The second-order valence-corrected chi connectivity index (χ2v) is 7.25. The molecule has 0 spiro atoms. The third kappa shape index (κ3) is 5.73. The van der Waals surface area contributed by atoms with Gasteiger partial charge in [-0.2, -0.15) is 0 Å². The fourth-order valence-electron chi connectivity index (χ4n) is 3.56. The number of benzene rings is 2. The molecule has 0 saturated carbocycles. The van der Waals surface area contributed by atoms with Crippen molar-refractivity contribution >= 4 is 23.2 Å². The first-order valence-corrected chi connectivity index (χ1v) is 10.4. The highest BCUT2D eigenvalue weighted by molar-refractivity contribution is 6.39. The number of hydrogen-bond donors (Lipinski definition) is 2. The Morgan fingerprint density at radius 1 is 0.967 bits per heavy atom. The molecule has 0 aromatic heterocycles. The molecule has 2 aromatic rings. The van der Waals surface area contributed by atoms with Crippen LogP contribution in [0.4, 0.5) is 11.4 Å². The van der Waals surface area contributed by atoms with Crippen molar-refractivity contribution in [3.63, 3.8) is 0 Å². The van der Waals surface area contributed by atoms with E-state index in [1.54, 1.807) is 7.11 Å². The molecule has 1 heterocycles. The number of methoxy groups -OCH3 is 1. The normalized spacial score (nSPS) is 14.3. The third-order valence-corrected chi connectivity index (χ3v) is 5.38. The molecule has 0 radical (unpaired) electrons. The number of piperazine rings is 1. The summed E-state index contributed by atoms with van der Waals surface area (Å²) in [6.45, 7) is 6.86. The maximum Gasteiger partial charge on any atom is 0.313 e. The van der Waals surface area contributed by atoms with Crippen LogP contribution in [0.5, 0.6) is 5.75 Å². The van der Waals surface area contributed by atoms with Gasteiger partial charge in [0.2, 0.25) is 0 Å². The van der Waals surface area contributed by atoms with Gasteiger partial charge in [0.1, 0.15) is 5.75 Å². The van der Waals surface area contributed by atoms with E-state index in [-0.39, 0.29) is 0 Å². The van der Waals surface area contributed by atoms with Gasteiger partial charge >= 0.3 is 11.8 Å². The second kappa shape index (κ2) is 10.6. The largest absolute Gasteiger partial charge is 0.497 e. The van der Waals surface area contributed by atoms with Crippen LogP contribution in [0.15, 0.2) is 48.5 Å². The van der Waals surface area contributed by atoms with E-state index in [9.17, 15) is 9.59 Å². The summed E-state index contributed by atoms with van der Waals surface area (Å²) in [5.41, 5.74) is 2.89. The minimum atomic E-state index is -0.625. The zero-order valence-electron chi connectivity index (χ0n) is 17.7. The summed E-state index contributed by atoms with van der Waals surface area (Å²) in [5.74, 6) is -0.367. The minimum absolute atomic E-state index is 0.449. The first kappa shape index (κ1) is 21.6. The maximum atomic E-state index is 12.2. The molecule has 0 unspecified atom stereocenters. The molecular formula is C23H30N4O3. The Morgan fingerprint density at radius 3 is 2.33 bits per heavy atom. The molecule has 0 aliphatic carbocycles. The molecule has 30 heavy (non-hydrogen) atoms. The molecule has 1 aliphatic heterocycles. The van der Waals surface area contributed by atoms with E-state index in [0.717, 1.165) is 50.5 Å². The van der Waals surface area contributed by atoms with Gasteiger partial charge in [-0.15, -0.1) is 0 Å². The Hall–Kier alpha value is -3.06. The molecule has 2 N–H and O–H groups in total. The third-order valence-electron chi connectivity index (χ3n) is 5.38. The van der Waals surface area contributed by atoms with Gasteiger partial charge in [0.15, 0.2) is 0 Å². The topological polar surface area (TPSA) is 73.9 Å². The predicted octanol–water partition coefficient (Wildman–Crippen LogP) is 2.13. The summed E-state index contributed by atoms with van der Waals surface area (Å²) < 4.78 is 5.21. The van der Waals surface area contributed by atoms with E-state index in [0.29, 0.717) is 12.2 Å². The summed E-state index contributed by atoms with van der Waals surface area (Å²) in [6.07, 6.45) is 0.792. The first-order chi connectivity index (χ1) is 14.6. The van der Waals surface area contributed by atoms with Gasteiger partial charge < -0.3 is 20.3 Å². The maximum absolute atomic E-state index is 12.2. The van der Waals surface area contributed by atoms with Gasteiger partial charge in [-0.3, -0.25) is 14.5 Å². The molecule has 2 amide bonds. The Morgan fingerprint density at radius 2 is 1.67 bits per heavy atom. The Bertz CT molecular complexity index is 846. The van der Waals surface area contributed by atoms with Crippen LogP contribution in [-0.4, -0.2) is 63.1 Å². The summed E-state index contributed by atoms with van der Waals surface area (Å²) >= 11 is 0. The fourth-order valence-corrected chi connectivity index (χ4v) is 3.56. The zero-order valence-corrected chi connectivity index (χ0v) is 17.7. The smallest absolute Gasteiger partial charge is 0.313 e. The first-order valence-electron chi connectivity index (χ1n) is 10.4. The molecule has 160 valence electrons. The van der Waals surface area contributed by atoms with Crippen molar-refractivity contribution in [2.45, 2.75) is 13.3 Å². The van der Waals surface area contributed by atoms with E-state index < -0.39 is 11.8 Å². The van der Waals surface area contributed by atoms with Crippen LogP contribution in [0.25, 0.3) is 0 Å². The molecular weight excluding hydrogens is 380 g/mol. The highest BCUT2D eigenvalue weighted by Crippen LogP contribution is 2.20. The average Bonchev–Trinajstić information content (AvgIpc) is 2.80. The number of amides is 2. The number of rotatable bonds is 7. The number of anilines is 2. The van der Waals surface area contributed by atoms with Crippen LogP contribution in [0, 0.1) is 0 Å². The minimum Gasteiger partial charge on any atom is -0.497 e. The van der Waals surface area contributed by atoms with E-state index in [4.69, 9.17) is 4.74 Å². The molecule has 1 saturated heterocycles. The summed E-state index contributed by atoms with van der Waals surface area (Å²) in [6, 6.07) is 15.6. The van der Waals surface area contributed by atoms with E-state index in [2.05, 4.69) is 32.6 Å². The van der Waals surface area contributed by atoms with Gasteiger partial charge in [-0.25, -0.2) is 0 Å². The van der Waals surface area contributed by atoms with Gasteiger partial charge in [0.05, 0.1) is 7.11 Å². The average molecular weight is 411 g/mol. The molecule has 7 nitrogen and oxygen atoms in total. The number of aryl methyl sites for hydroxylation is 1. The Balaban J connectivity index is 1.38. The second-order valence-electron chi connectivity index (χ2n) is 7.25. The lowest BCUT2D eigenvalue weighted by atomic mass is 10.1. The number of carbonyl (C=O) groups excluding carboxylic acids is 2. The van der Waals surface area contributed by atoms with E-state index in [1.807, 2.05) is 43.3 Å². The van der Waals surface area contributed by atoms with Crippen LogP contribution >= 0.6 is 0 Å². The lowest BCUT2D eigenvalue weighted by Crippen LogP contribution is -2.49. The molecule has 0 bridgehead atoms. The highest BCUT2D eigenvalue weighted by Gasteiger charge is 2.18. The van der Waals surface area contributed by atoms with Gasteiger partial charge in [-0.05, 0) is 42.3 Å². The van der Waals surface area contributed by atoms with Crippen molar-refractivity contribution in [2.24, 2.45) is 0 Å². The van der Waals surface area contributed by atoms with Crippen molar-refractivity contribution in [3.8, 4) is 5.75 Å². The number of ether oxygens (including phenoxy) is 1. The number of nitrogens with one attached hydrogen (secondary N) is 2. The lowest BCUT2D eigenvalue weighted by molar-refractivity contribution is -0.136. The van der Waals surface area contributed by atoms with Gasteiger partial charge in [0, 0.05) is 50.6 Å². The Labute approximate surface area is 178 Å². The van der Waals surface area contributed by atoms with Crippen LogP contribution in [0.3, 0.4) is 0 Å². The number of nitrogens with zero attached hydrogens (tertiary/aromatic N) is 2. The fraction of sp³-hybridized carbons (Fsp3) is 0.391. The summed E-state index contributed by atoms with van der Waals surface area (Å²) in [4.78, 5) is 28.9. The van der Waals surface area contributed by atoms with Crippen molar-refractivity contribution in [3.05, 3.63) is 54.1 Å². The molecule has 1 fully saturated rings. The van der Waals surface area contributed by atoms with Crippen LogP contribution in [0.2, 0.25) is 0 Å². The van der Waals surface area contributed by atoms with Gasteiger partial charge in [-0.1, -0.05) is 25.1 Å². The summed E-state index contributed by atoms with van der Waals surface area (Å²) in [5, 5.41) is 5.42. The van der Waals surface area contributed by atoms with Crippen molar-refractivity contribution in [1.82, 2.24) is 10.2 Å². The molecule has 7 heteroatoms. The van der Waals surface area contributed by atoms with Crippen LogP contribution in [-0.2, 0) is 16.0 Å². The van der Waals surface area contributed by atoms with E-state index in [1.165, 1.54) is 5.69 Å². The Kier molecular flexibility index (Phi) is 7.68. The number of para-hydroxylation sites is 1. The number of carbonyl (C=O) groups is 2. The van der Waals surface area contributed by atoms with Gasteiger partial charge in [0.25, 0.3) is 0 Å². The molecule has 1 aliphatic rings. The van der Waals surface area contributed by atoms with Crippen LogP contribution in [0.1, 0.15) is 12.5 Å². The highest BCUT2D eigenvalue weighted by atomic mass is 16.5. The van der Waals surface area contributed by atoms with Crippen molar-refractivity contribution in [2.75, 3.05) is 56.6 Å². The van der Waals surface area contributed by atoms with Crippen molar-refractivity contribution < 1.29 is 14.3 Å². The zero-order chi connectivity index (χ0) is 21.3. The SMILES string of the molecule is CCc1ccccc1NC(=O)C(=O)NCCN1CCN(c2ccc(OC)cc2)CC1. The molecule has 3 rings (SSSR count). The van der Waals surface area contributed by atoms with Crippen molar-refractivity contribution in [1.29, 1.82) is 0 Å². The quantitative estimate of drug-likeness (QED) is 0.684. The van der Waals surface area contributed by atoms with Crippen LogP contribution < -0.4 is 20.3 Å².